The maximum atomic E-state index is 14.3. The van der Waals surface area contributed by atoms with Crippen LogP contribution in [0.1, 0.15) is 13.8 Å². The van der Waals surface area contributed by atoms with Gasteiger partial charge in [-0.2, -0.15) is 0 Å². The Morgan fingerprint density at radius 1 is 1.00 bits per heavy atom. The van der Waals surface area contributed by atoms with Gasteiger partial charge in [0.1, 0.15) is 10.5 Å². The molecule has 1 heterocycles. The van der Waals surface area contributed by atoms with E-state index in [4.69, 9.17) is 34.7 Å². The van der Waals surface area contributed by atoms with Crippen molar-refractivity contribution in [3.05, 3.63) is 39.4 Å². The van der Waals surface area contributed by atoms with E-state index >= 15 is 0 Å². The fourth-order valence-electron chi connectivity index (χ4n) is 2.60. The van der Waals surface area contributed by atoms with Crippen LogP contribution in [0.3, 0.4) is 0 Å². The standard InChI is InChI=1S/C16H13Cl2F4N5/c1-4(2)25-16-26-14-6(3-5(17)8(19)11(14)22)27(16)15-7(18)9(20)10(21)12(23)13(15)24/h3-4H,23-24H2,1-2H3,(H,25,26). The first-order chi connectivity index (χ1) is 12.6. The maximum absolute atomic E-state index is 14.3. The summed E-state index contributed by atoms with van der Waals surface area (Å²) < 4.78 is 57.3. The highest BCUT2D eigenvalue weighted by molar-refractivity contribution is 6.33. The molecule has 0 amide bonds. The van der Waals surface area contributed by atoms with Gasteiger partial charge in [0.15, 0.2) is 23.3 Å². The second kappa shape index (κ2) is 6.65. The minimum Gasteiger partial charge on any atom is -0.395 e. The summed E-state index contributed by atoms with van der Waals surface area (Å²) in [6.45, 7) is 3.50. The Hall–Kier alpha value is -2.39. The lowest BCUT2D eigenvalue weighted by atomic mass is 10.2. The molecule has 0 fully saturated rings. The van der Waals surface area contributed by atoms with Crippen LogP contribution in [0.4, 0.5) is 34.9 Å². The lowest BCUT2D eigenvalue weighted by Crippen LogP contribution is -2.16. The fraction of sp³-hybridized carbons (Fsp3) is 0.188. The summed E-state index contributed by atoms with van der Waals surface area (Å²) in [6.07, 6.45) is 0. The van der Waals surface area contributed by atoms with Gasteiger partial charge in [0, 0.05) is 6.04 Å². The van der Waals surface area contributed by atoms with Crippen LogP contribution in [-0.2, 0) is 0 Å². The first kappa shape index (κ1) is 19.4. The first-order valence-electron chi connectivity index (χ1n) is 7.60. The van der Waals surface area contributed by atoms with Crippen molar-refractivity contribution in [3.63, 3.8) is 0 Å². The number of hydrogen-bond acceptors (Lipinski definition) is 4. The van der Waals surface area contributed by atoms with E-state index in [1.54, 1.807) is 13.8 Å². The Bertz CT molecular complexity index is 1050. The second-order valence-corrected chi connectivity index (χ2v) is 6.83. The van der Waals surface area contributed by atoms with Gasteiger partial charge in [0.05, 0.1) is 27.6 Å². The van der Waals surface area contributed by atoms with Crippen molar-refractivity contribution in [1.82, 2.24) is 9.55 Å². The summed E-state index contributed by atoms with van der Waals surface area (Å²) in [5.41, 5.74) is 9.54. The van der Waals surface area contributed by atoms with Gasteiger partial charge < -0.3 is 16.8 Å². The molecule has 144 valence electrons. The Labute approximate surface area is 160 Å². The monoisotopic (exact) mass is 421 g/mol. The quantitative estimate of drug-likeness (QED) is 0.320. The van der Waals surface area contributed by atoms with Gasteiger partial charge in [0.2, 0.25) is 5.95 Å². The van der Waals surface area contributed by atoms with Crippen molar-refractivity contribution in [2.45, 2.75) is 19.9 Å². The molecule has 2 aromatic carbocycles. The molecule has 0 unspecified atom stereocenters. The number of hydrogen-bond donors (Lipinski definition) is 3. The van der Waals surface area contributed by atoms with Crippen LogP contribution in [0.2, 0.25) is 10.0 Å². The maximum Gasteiger partial charge on any atom is 0.209 e. The molecule has 11 heteroatoms. The Kier molecular flexibility index (Phi) is 4.77. The highest BCUT2D eigenvalue weighted by atomic mass is 35.5. The predicted octanol–water partition coefficient (Wildman–Crippen LogP) is 4.87. The van der Waals surface area contributed by atoms with Crippen LogP contribution in [-0.4, -0.2) is 15.6 Å². The molecule has 0 saturated carbocycles. The predicted molar refractivity (Wildman–Crippen MR) is 98.5 cm³/mol. The topological polar surface area (TPSA) is 81.9 Å². The van der Waals surface area contributed by atoms with E-state index in [-0.39, 0.29) is 23.2 Å². The Morgan fingerprint density at radius 2 is 1.63 bits per heavy atom. The van der Waals surface area contributed by atoms with E-state index in [0.717, 1.165) is 10.6 Å². The number of imidazole rings is 1. The van der Waals surface area contributed by atoms with Crippen molar-refractivity contribution in [2.75, 3.05) is 16.8 Å². The summed E-state index contributed by atoms with van der Waals surface area (Å²) in [5, 5.41) is 1.64. The van der Waals surface area contributed by atoms with Gasteiger partial charge in [-0.3, -0.25) is 4.57 Å². The van der Waals surface area contributed by atoms with E-state index < -0.39 is 50.2 Å². The van der Waals surface area contributed by atoms with Crippen molar-refractivity contribution < 1.29 is 17.6 Å². The molecule has 0 aliphatic rings. The highest BCUT2D eigenvalue weighted by Gasteiger charge is 2.27. The van der Waals surface area contributed by atoms with E-state index in [1.807, 2.05) is 0 Å². The van der Waals surface area contributed by atoms with Gasteiger partial charge >= 0.3 is 0 Å². The largest absolute Gasteiger partial charge is 0.395 e. The van der Waals surface area contributed by atoms with Gasteiger partial charge in [0.25, 0.3) is 0 Å². The average Bonchev–Trinajstić information content (AvgIpc) is 2.94. The molecule has 5 N–H and O–H groups in total. The molecule has 0 radical (unpaired) electrons. The van der Waals surface area contributed by atoms with E-state index in [9.17, 15) is 17.6 Å². The molecular weight excluding hydrogens is 409 g/mol. The van der Waals surface area contributed by atoms with Crippen LogP contribution in [0.5, 0.6) is 0 Å². The van der Waals surface area contributed by atoms with E-state index in [1.165, 1.54) is 0 Å². The van der Waals surface area contributed by atoms with Crippen molar-refractivity contribution in [2.24, 2.45) is 0 Å². The number of nitrogens with one attached hydrogen (secondary N) is 1. The lowest BCUT2D eigenvalue weighted by molar-refractivity contribution is 0.512. The molecule has 5 nitrogen and oxygen atoms in total. The normalized spacial score (nSPS) is 11.6. The number of nitrogens with two attached hydrogens (primary N) is 2. The summed E-state index contributed by atoms with van der Waals surface area (Å²) in [4.78, 5) is 4.00. The first-order valence-corrected chi connectivity index (χ1v) is 8.36. The molecule has 3 aromatic rings. The fourth-order valence-corrected chi connectivity index (χ4v) is 3.06. The summed E-state index contributed by atoms with van der Waals surface area (Å²) >= 11 is 11.7. The Balaban J connectivity index is 2.51. The number of anilines is 3. The number of fused-ring (bicyclic) bond motifs is 1. The van der Waals surface area contributed by atoms with Gasteiger partial charge in [-0.1, -0.05) is 23.2 Å². The summed E-state index contributed by atoms with van der Waals surface area (Å²) in [5.74, 6) is -5.51. The minimum absolute atomic E-state index is 0.0421. The van der Waals surface area contributed by atoms with Gasteiger partial charge in [-0.15, -0.1) is 0 Å². The van der Waals surface area contributed by atoms with Crippen LogP contribution < -0.4 is 16.8 Å². The summed E-state index contributed by atoms with van der Waals surface area (Å²) in [7, 11) is 0. The number of rotatable bonds is 3. The molecule has 27 heavy (non-hydrogen) atoms. The molecule has 0 aliphatic heterocycles. The van der Waals surface area contributed by atoms with Gasteiger partial charge in [-0.25, -0.2) is 22.5 Å². The van der Waals surface area contributed by atoms with Crippen molar-refractivity contribution >= 4 is 51.6 Å². The summed E-state index contributed by atoms with van der Waals surface area (Å²) in [6, 6.07) is 0.854. The number of benzene rings is 2. The smallest absolute Gasteiger partial charge is 0.209 e. The molecule has 0 saturated heterocycles. The zero-order chi connectivity index (χ0) is 20.2. The Morgan fingerprint density at radius 3 is 2.22 bits per heavy atom. The molecule has 0 atom stereocenters. The van der Waals surface area contributed by atoms with E-state index in [2.05, 4.69) is 10.3 Å². The number of aromatic nitrogens is 2. The number of nitrogens with zero attached hydrogens (tertiary/aromatic N) is 2. The average molecular weight is 422 g/mol. The lowest BCUT2D eigenvalue weighted by Gasteiger charge is -2.18. The second-order valence-electron chi connectivity index (χ2n) is 6.04. The molecule has 3 rings (SSSR count). The number of halogens is 6. The molecule has 0 aliphatic carbocycles. The van der Waals surface area contributed by atoms with Crippen molar-refractivity contribution in [1.29, 1.82) is 0 Å². The SMILES string of the molecule is CC(C)Nc1nc2c(F)c(F)c(Cl)cc2n1-c1c(N)c(N)c(F)c(F)c1Cl. The minimum atomic E-state index is -1.44. The van der Waals surface area contributed by atoms with Crippen LogP contribution >= 0.6 is 23.2 Å². The molecule has 1 aromatic heterocycles. The van der Waals surface area contributed by atoms with E-state index in [0.29, 0.717) is 0 Å². The van der Waals surface area contributed by atoms with Gasteiger partial charge in [-0.05, 0) is 19.9 Å². The third kappa shape index (κ3) is 2.90. The third-order valence-corrected chi connectivity index (χ3v) is 4.42. The van der Waals surface area contributed by atoms with Crippen LogP contribution in [0, 0.1) is 23.3 Å². The number of nitrogen functional groups attached to an aromatic ring is 2. The van der Waals surface area contributed by atoms with Crippen LogP contribution in [0.25, 0.3) is 16.7 Å². The zero-order valence-electron chi connectivity index (χ0n) is 14.0. The molecule has 0 spiro atoms. The zero-order valence-corrected chi connectivity index (χ0v) is 15.5. The highest BCUT2D eigenvalue weighted by Crippen LogP contribution is 2.41. The molecular formula is C16H13Cl2F4N5. The van der Waals surface area contributed by atoms with Crippen molar-refractivity contribution in [3.8, 4) is 5.69 Å². The van der Waals surface area contributed by atoms with Crippen LogP contribution in [0.15, 0.2) is 6.07 Å². The third-order valence-electron chi connectivity index (χ3n) is 3.80. The molecule has 0 bridgehead atoms.